The molecule has 2 saturated carbocycles. The van der Waals surface area contributed by atoms with E-state index < -0.39 is 81.6 Å². The van der Waals surface area contributed by atoms with Gasteiger partial charge in [0, 0.05) is 0 Å². The number of hydrogen-bond acceptors (Lipinski definition) is 10. The van der Waals surface area contributed by atoms with Gasteiger partial charge in [-0.15, -0.1) is 0 Å². The van der Waals surface area contributed by atoms with E-state index >= 15 is 0 Å². The fourth-order valence-electron chi connectivity index (χ4n) is 7.83. The van der Waals surface area contributed by atoms with Crippen molar-refractivity contribution in [1.82, 2.24) is 4.90 Å². The van der Waals surface area contributed by atoms with E-state index in [0.717, 1.165) is 24.8 Å². The number of likely N-dealkylation sites (N-methyl/N-ethyl adjacent to an activating group) is 1. The third-order valence-corrected chi connectivity index (χ3v) is 10.1. The van der Waals surface area contributed by atoms with Crippen LogP contribution in [-0.4, -0.2) is 80.6 Å². The predicted octanol–water partition coefficient (Wildman–Crippen LogP) is 3.37. The van der Waals surface area contributed by atoms with Crippen molar-refractivity contribution in [3.63, 3.8) is 0 Å². The molecule has 5 atom stereocenters. The highest BCUT2D eigenvalue weighted by Crippen LogP contribution is 2.57. The molecule has 11 nitrogen and oxygen atoms in total. The van der Waals surface area contributed by atoms with Crippen LogP contribution in [0.3, 0.4) is 0 Å². The maximum Gasteiger partial charge on any atom is 0.309 e. The second-order valence-electron chi connectivity index (χ2n) is 13.2. The number of benzene rings is 2. The number of nitrogens with two attached hydrogens (primary N) is 1. The zero-order chi connectivity index (χ0) is 33.9. The summed E-state index contributed by atoms with van der Waals surface area (Å²) in [6.45, 7) is 1.92. The summed E-state index contributed by atoms with van der Waals surface area (Å²) >= 11 is 0. The molecule has 0 bridgehead atoms. The number of carbonyl (C=O) groups excluding carboxylic acids is 4. The van der Waals surface area contributed by atoms with E-state index in [9.17, 15) is 39.6 Å². The first-order chi connectivity index (χ1) is 22.3. The number of aromatic hydroxyl groups is 1. The lowest BCUT2D eigenvalue weighted by Crippen LogP contribution is -2.70. The van der Waals surface area contributed by atoms with Crippen LogP contribution in [0.4, 0.5) is 0 Å². The summed E-state index contributed by atoms with van der Waals surface area (Å²) in [5.41, 5.74) is 3.39. The Morgan fingerprint density at radius 2 is 1.66 bits per heavy atom. The van der Waals surface area contributed by atoms with Gasteiger partial charge in [-0.1, -0.05) is 67.3 Å². The number of aliphatic hydroxyl groups excluding tert-OH is 2. The van der Waals surface area contributed by atoms with E-state index in [2.05, 4.69) is 0 Å². The van der Waals surface area contributed by atoms with Crippen LogP contribution in [-0.2, 0) is 23.9 Å². The molecule has 0 aromatic heterocycles. The fourth-order valence-corrected chi connectivity index (χ4v) is 7.83. The number of ketones is 2. The van der Waals surface area contributed by atoms with Crippen molar-refractivity contribution in [1.29, 1.82) is 0 Å². The quantitative estimate of drug-likeness (QED) is 0.239. The molecule has 6 rings (SSSR count). The molecule has 6 N–H and O–H groups in total. The van der Waals surface area contributed by atoms with Crippen LogP contribution in [0, 0.1) is 24.7 Å². The largest absolute Gasteiger partial charge is 0.508 e. The minimum atomic E-state index is -3.01. The summed E-state index contributed by atoms with van der Waals surface area (Å²) < 4.78 is 6.31. The molecular weight excluding hydrogens is 604 g/mol. The minimum Gasteiger partial charge on any atom is -0.508 e. The summed E-state index contributed by atoms with van der Waals surface area (Å²) in [5.74, 6) is -9.81. The molecule has 47 heavy (non-hydrogen) atoms. The molecule has 0 radical (unpaired) electrons. The number of amides is 1. The van der Waals surface area contributed by atoms with Crippen LogP contribution in [0.1, 0.15) is 54.4 Å². The van der Waals surface area contributed by atoms with Crippen molar-refractivity contribution < 1.29 is 44.3 Å². The molecule has 4 aliphatic carbocycles. The summed E-state index contributed by atoms with van der Waals surface area (Å²) in [5, 5.41) is 46.6. The van der Waals surface area contributed by atoms with Crippen LogP contribution in [0.2, 0.25) is 0 Å². The lowest BCUT2D eigenvalue weighted by Gasteiger charge is -2.54. The standard InChI is InChI=1S/C36H38N2O9/c1-17-12-14-18(15-13-17)16-21-20-10-7-11-22(39)23(20)29(40)25-24(21)31(47-35(45)19-8-5-4-6-9-19)27-28(38(2)3)30(41)26(34(37)44)33(43)36(27,46)32(25)42/h7,10-16,19,24,27-28,31,39-40,43,46H,4-6,8-9H2,1-3H3,(H2,37,44)/b21-16+/t24-,27-,28+,31+,36+/m1/s1. The number of rotatable bonds is 5. The molecule has 2 fully saturated rings. The van der Waals surface area contributed by atoms with Crippen LogP contribution < -0.4 is 5.73 Å². The molecule has 2 aromatic rings. The number of nitrogens with zero attached hydrogens (tertiary/aromatic N) is 1. The number of aryl methyl sites for hydroxylation is 1. The van der Waals surface area contributed by atoms with Crippen molar-refractivity contribution >= 4 is 40.9 Å². The first kappa shape index (κ1) is 32.2. The number of aliphatic hydroxyl groups is 3. The molecule has 0 aliphatic heterocycles. The molecule has 1 amide bonds. The minimum absolute atomic E-state index is 0.0977. The first-order valence-electron chi connectivity index (χ1n) is 15.7. The lowest BCUT2D eigenvalue weighted by atomic mass is 9.55. The molecule has 246 valence electrons. The molecule has 4 aliphatic rings. The van der Waals surface area contributed by atoms with Crippen LogP contribution in [0.5, 0.6) is 5.75 Å². The van der Waals surface area contributed by atoms with Gasteiger partial charge in [-0.2, -0.15) is 0 Å². The van der Waals surface area contributed by atoms with Gasteiger partial charge in [0.25, 0.3) is 5.91 Å². The van der Waals surface area contributed by atoms with Gasteiger partial charge in [0.2, 0.25) is 5.78 Å². The number of Topliss-reactive ketones (excluding diaryl/α,β-unsaturated/α-hetero) is 2. The molecular formula is C36H38N2O9. The average Bonchev–Trinajstić information content (AvgIpc) is 3.03. The molecule has 2 aromatic carbocycles. The van der Waals surface area contributed by atoms with Crippen LogP contribution >= 0.6 is 0 Å². The van der Waals surface area contributed by atoms with Gasteiger partial charge in [-0.05, 0) is 56.6 Å². The molecule has 11 heteroatoms. The van der Waals surface area contributed by atoms with Crippen molar-refractivity contribution in [2.24, 2.45) is 23.5 Å². The number of esters is 1. The number of ether oxygens (including phenoxy) is 1. The Kier molecular flexibility index (Phi) is 8.09. The SMILES string of the molecule is Cc1ccc(/C=C2\c3cccc(O)c3C(O)=C3C(=O)[C@]4(O)C(O)=C(C(N)=O)C(=O)[C@@H](N(C)C)[C@@H]4[C@@H](OC(=O)C4CCCCC4)[C@@H]32)cc1. The summed E-state index contributed by atoms with van der Waals surface area (Å²) in [6, 6.07) is 10.5. The van der Waals surface area contributed by atoms with Gasteiger partial charge in [0.15, 0.2) is 11.4 Å². The third-order valence-electron chi connectivity index (χ3n) is 10.1. The zero-order valence-corrected chi connectivity index (χ0v) is 26.4. The van der Waals surface area contributed by atoms with Crippen molar-refractivity contribution in [3.8, 4) is 5.75 Å². The average molecular weight is 643 g/mol. The van der Waals surface area contributed by atoms with E-state index in [-0.39, 0.29) is 11.3 Å². The Morgan fingerprint density at radius 3 is 2.28 bits per heavy atom. The smallest absolute Gasteiger partial charge is 0.309 e. The molecule has 0 unspecified atom stereocenters. The van der Waals surface area contributed by atoms with Gasteiger partial charge in [0.1, 0.15) is 28.9 Å². The summed E-state index contributed by atoms with van der Waals surface area (Å²) in [4.78, 5) is 56.4. The first-order valence-corrected chi connectivity index (χ1v) is 15.7. The number of fused-ring (bicyclic) bond motifs is 3. The van der Waals surface area contributed by atoms with Crippen molar-refractivity contribution in [2.45, 2.75) is 56.8 Å². The Balaban J connectivity index is 1.68. The second kappa shape index (κ2) is 11.8. The monoisotopic (exact) mass is 642 g/mol. The highest BCUT2D eigenvalue weighted by molar-refractivity contribution is 6.25. The van der Waals surface area contributed by atoms with E-state index in [1.807, 2.05) is 31.2 Å². The van der Waals surface area contributed by atoms with Gasteiger partial charge in [-0.3, -0.25) is 24.1 Å². The highest BCUT2D eigenvalue weighted by atomic mass is 16.5. The Hall–Kier alpha value is -4.74. The molecule has 0 spiro atoms. The molecule has 0 heterocycles. The van der Waals surface area contributed by atoms with E-state index in [1.54, 1.807) is 18.2 Å². The number of primary amides is 1. The highest BCUT2D eigenvalue weighted by Gasteiger charge is 2.69. The van der Waals surface area contributed by atoms with E-state index in [4.69, 9.17) is 10.5 Å². The number of carbonyl (C=O) groups is 4. The lowest BCUT2D eigenvalue weighted by molar-refractivity contribution is -0.184. The van der Waals surface area contributed by atoms with Gasteiger partial charge in [0.05, 0.1) is 34.9 Å². The number of phenols is 1. The predicted molar refractivity (Wildman–Crippen MR) is 171 cm³/mol. The normalized spacial score (nSPS) is 28.7. The Bertz CT molecular complexity index is 1780. The number of phenolic OH excluding ortho intramolecular Hbond substituents is 1. The van der Waals surface area contributed by atoms with E-state index in [1.165, 1.54) is 25.1 Å². The summed E-state index contributed by atoms with van der Waals surface area (Å²) in [6.07, 6.45) is 3.94. The zero-order valence-electron chi connectivity index (χ0n) is 26.4. The van der Waals surface area contributed by atoms with Gasteiger partial charge in [-0.25, -0.2) is 0 Å². The summed E-state index contributed by atoms with van der Waals surface area (Å²) in [7, 11) is 2.99. The van der Waals surface area contributed by atoms with Crippen LogP contribution in [0.15, 0.2) is 59.4 Å². The molecule has 0 saturated heterocycles. The number of hydrogen-bond donors (Lipinski definition) is 5. The maximum atomic E-state index is 14.7. The Labute approximate surface area is 271 Å². The van der Waals surface area contributed by atoms with Crippen LogP contribution in [0.25, 0.3) is 17.4 Å². The topological polar surface area (TPSA) is 188 Å². The van der Waals surface area contributed by atoms with Crippen molar-refractivity contribution in [2.75, 3.05) is 14.1 Å². The maximum absolute atomic E-state index is 14.7. The van der Waals surface area contributed by atoms with E-state index in [0.29, 0.717) is 29.5 Å². The van der Waals surface area contributed by atoms with Gasteiger partial charge < -0.3 is 30.9 Å². The fraction of sp³-hybridized carbons (Fsp3) is 0.389. The third kappa shape index (κ3) is 4.96. The van der Waals surface area contributed by atoms with Gasteiger partial charge >= 0.3 is 5.97 Å². The second-order valence-corrected chi connectivity index (χ2v) is 13.2. The Morgan fingerprint density at radius 1 is 1.00 bits per heavy atom. The van der Waals surface area contributed by atoms with Crippen molar-refractivity contribution in [3.05, 3.63) is 81.6 Å².